The number of hydrogen-bond donors (Lipinski definition) is 26. The summed E-state index contributed by atoms with van der Waals surface area (Å²) in [5.41, 5.74) is 6.64. The van der Waals surface area contributed by atoms with Crippen molar-refractivity contribution in [3.8, 4) is 5.75 Å². The highest BCUT2D eigenvalue weighted by atomic mass is 32.1. The highest BCUT2D eigenvalue weighted by Gasteiger charge is 2.39. The summed E-state index contributed by atoms with van der Waals surface area (Å²) in [7, 11) is 0. The van der Waals surface area contributed by atoms with Crippen LogP contribution in [0.5, 0.6) is 5.75 Å². The molecule has 2 aliphatic heterocycles. The average Bonchev–Trinajstić information content (AvgIpc) is 1.66. The maximum atomic E-state index is 13.8. The third kappa shape index (κ3) is 27.0. The molecule has 0 bridgehead atoms. The van der Waals surface area contributed by atoms with Crippen LogP contribution in [-0.2, 0) is 32.0 Å². The molecule has 13 unspecified atom stereocenters. The summed E-state index contributed by atoms with van der Waals surface area (Å²) in [4.78, 5) is 103. The number of nitrogens with one attached hydrogen (secondary N) is 4. The van der Waals surface area contributed by atoms with Gasteiger partial charge in [0.05, 0.1) is 38.5 Å². The smallest absolute Gasteiger partial charge is 0.325 e. The highest BCUT2D eigenvalue weighted by Crippen LogP contribution is 2.26. The van der Waals surface area contributed by atoms with Gasteiger partial charge >= 0.3 is 11.9 Å². The lowest BCUT2D eigenvalue weighted by atomic mass is 10.0. The van der Waals surface area contributed by atoms with Crippen molar-refractivity contribution in [2.24, 2.45) is 65.6 Å². The molecule has 3 heterocycles. The van der Waals surface area contributed by atoms with Crippen molar-refractivity contribution in [2.75, 3.05) is 45.1 Å². The van der Waals surface area contributed by atoms with Crippen LogP contribution < -0.4 is 5.73 Å². The van der Waals surface area contributed by atoms with E-state index in [9.17, 15) is 116 Å². The number of thiol groups is 1. The number of nitrogens with zero attached hydrogens (tertiary/aromatic N) is 14. The molecule has 2 saturated heterocycles. The lowest BCUT2D eigenvalue weighted by Gasteiger charge is -2.26. The summed E-state index contributed by atoms with van der Waals surface area (Å²) in [6.45, 7) is -0.604. The van der Waals surface area contributed by atoms with Crippen LogP contribution in [0, 0.1) is 16.2 Å². The summed E-state index contributed by atoms with van der Waals surface area (Å²) >= 11 is 4.33. The number of carboxylic acids is 2. The van der Waals surface area contributed by atoms with Gasteiger partial charge in [-0.1, -0.05) is 30.3 Å². The Kier molecular flexibility index (Phi) is 34.2. The molecule has 2 amide bonds. The van der Waals surface area contributed by atoms with Crippen LogP contribution in [-0.4, -0.2) is 353 Å². The molecule has 0 saturated carbocycles. The Hall–Kier alpha value is -12.1. The third-order valence-electron chi connectivity index (χ3n) is 16.6. The molecular weight excluding hydrogens is 1470 g/mol. The monoisotopic (exact) mass is 1570 g/mol. The molecule has 2 fully saturated rings. The van der Waals surface area contributed by atoms with Crippen molar-refractivity contribution in [1.29, 1.82) is 16.2 Å². The van der Waals surface area contributed by atoms with Gasteiger partial charge in [0.15, 0.2) is 35.7 Å². The number of phenolic OH excluding ortho intramolecular Hbond substituents is 1. The van der Waals surface area contributed by atoms with Gasteiger partial charge in [0.1, 0.15) is 79.3 Å². The number of rotatable bonds is 43. The number of nitrogens with two attached hydrogens (primary N) is 1. The summed E-state index contributed by atoms with van der Waals surface area (Å²) in [5.74, 6) is -20.5. The number of hydrogen-bond acceptors (Lipinski definition) is 24. The van der Waals surface area contributed by atoms with E-state index < -0.39 is 255 Å². The lowest BCUT2D eigenvalue weighted by Crippen LogP contribution is -2.46. The largest absolute Gasteiger partial charge is 0.508 e. The standard InChI is InChI=1S/C66H91N19O24S/c1-30(55(98)77-40(21-47(68)89)61(104)81-42(23-49(70)91)66(109)85-18-6-9-45(85)63(106)73-27-53(96)97)74-57(100)37(15-16-52(94)95)76-60(103)41(22-48(69)90)79-59(102)39(20-33-25-71-36-8-4-3-7-35(33)36)78-62(105)44(29-110)82-58(101)38(19-32-11-13-34(88)14-12-32)80-65(108)54(31(2)87)83-64(107)46-10-5-17-84(46)51(93)26-72-56(99)43(28-86)75-50(92)24-67/h3-4,7-8,11-14,25,30-31,37-46,54,71,86-88,110H,5-6,9-10,15-24,26-29,67H2,1-2H3,(H2,68,89)(H2,69,90)(H2,70,91)(H,72,99)(H,73,106)(H,74,100)(H,75,92)(H,76,103)(H,77,98)(H,78,105)(H,79,102)(H,80,108)(H,81,104)(H,82,101)(H,83,107)(H,94,95)(H,96,97). The SMILES string of the molecule is CC(N=C(O)C(CCC(=O)O)N=C(O)C(CC(=N)O)N=C(O)C(Cc1c[nH]c2ccccc12)N=C(O)C(CS)N=C(O)C(Cc1ccc(O)cc1)N=C(O)C(N=C(O)C1CCCN1C(=O)CN=C(O)C(CO)N=C(O)CN)C(C)O)C(O)=NC(CC(=N)O)C(O)=NC(CC(=N)O)C(=O)N1CCCC1C(O)=NCC(=O)O. The number of aromatic hydroxyl groups is 1. The van der Waals surface area contributed by atoms with Crippen LogP contribution >= 0.6 is 12.6 Å². The molecule has 5 rings (SSSR count). The fourth-order valence-electron chi connectivity index (χ4n) is 11.1. The van der Waals surface area contributed by atoms with Crippen molar-refractivity contribution in [3.63, 3.8) is 0 Å². The van der Waals surface area contributed by atoms with Gasteiger partial charge < -0.3 is 123 Å². The minimum Gasteiger partial charge on any atom is -0.508 e. The Morgan fingerprint density at radius 1 is 0.545 bits per heavy atom. The van der Waals surface area contributed by atoms with Crippen molar-refractivity contribution >= 4 is 136 Å². The molecule has 3 aromatic rings. The molecule has 2 aliphatic rings. The van der Waals surface area contributed by atoms with Gasteiger partial charge in [-0.3, -0.25) is 35.4 Å². The van der Waals surface area contributed by atoms with Crippen LogP contribution in [0.4, 0.5) is 0 Å². The van der Waals surface area contributed by atoms with Gasteiger partial charge in [-0.2, -0.15) is 12.6 Å². The van der Waals surface area contributed by atoms with E-state index in [-0.39, 0.29) is 50.9 Å². The molecule has 13 atom stereocenters. The van der Waals surface area contributed by atoms with Gasteiger partial charge in [-0.25, -0.2) is 59.9 Å². The van der Waals surface area contributed by atoms with E-state index in [0.29, 0.717) is 28.5 Å². The zero-order valence-electron chi connectivity index (χ0n) is 59.3. The Balaban J connectivity index is 1.54. The number of para-hydroxylation sites is 1. The number of carbonyl (C=O) groups excluding carboxylic acids is 2. The van der Waals surface area contributed by atoms with E-state index in [1.165, 1.54) is 37.4 Å². The first-order valence-corrected chi connectivity index (χ1v) is 34.5. The minimum absolute atomic E-state index is 0.0465. The fourth-order valence-corrected chi connectivity index (χ4v) is 11.3. The first-order chi connectivity index (χ1) is 51.9. The molecule has 26 N–H and O–H groups in total. The van der Waals surface area contributed by atoms with E-state index >= 15 is 0 Å². The molecule has 1 aromatic heterocycles. The van der Waals surface area contributed by atoms with Gasteiger partial charge in [-0.05, 0) is 75.3 Å². The zero-order valence-corrected chi connectivity index (χ0v) is 60.2. The maximum absolute atomic E-state index is 13.8. The molecular formula is C66H91N19O24S. The van der Waals surface area contributed by atoms with Gasteiger partial charge in [0.2, 0.25) is 76.7 Å². The number of carboxylic acid groups (broad SMARTS) is 2. The van der Waals surface area contributed by atoms with E-state index in [0.717, 1.165) is 16.7 Å². The number of likely N-dealkylation sites (tertiary alicyclic amines) is 2. The minimum atomic E-state index is -2.03. The fraction of sp³-hybridized carbons (Fsp3) is 0.500. The second kappa shape index (κ2) is 42.5. The quantitative estimate of drug-likeness (QED) is 0.0220. The second-order valence-electron chi connectivity index (χ2n) is 25.0. The van der Waals surface area contributed by atoms with Crippen LogP contribution in [0.2, 0.25) is 0 Å². The zero-order chi connectivity index (χ0) is 81.8. The first-order valence-electron chi connectivity index (χ1n) is 33.8. The number of benzene rings is 2. The second-order valence-corrected chi connectivity index (χ2v) is 25.3. The summed E-state index contributed by atoms with van der Waals surface area (Å²) < 4.78 is 0. The van der Waals surface area contributed by atoms with Crippen LogP contribution in [0.3, 0.4) is 0 Å². The van der Waals surface area contributed by atoms with Crippen LogP contribution in [0.15, 0.2) is 115 Å². The Labute approximate surface area is 631 Å². The molecule has 43 nitrogen and oxygen atoms in total. The number of aliphatic hydroxyl groups excluding tert-OH is 17. The van der Waals surface area contributed by atoms with E-state index in [4.69, 9.17) is 27.1 Å². The first kappa shape index (κ1) is 88.6. The van der Waals surface area contributed by atoms with E-state index in [2.05, 4.69) is 77.5 Å². The number of aliphatic imine (C=N–C) groups is 12. The van der Waals surface area contributed by atoms with Crippen LogP contribution in [0.25, 0.3) is 10.9 Å². The predicted molar refractivity (Wildman–Crippen MR) is 408 cm³/mol. The molecule has 2 aromatic carbocycles. The third-order valence-corrected chi connectivity index (χ3v) is 17.0. The van der Waals surface area contributed by atoms with Crippen molar-refractivity contribution in [2.45, 2.75) is 163 Å². The Morgan fingerprint density at radius 2 is 1.05 bits per heavy atom. The van der Waals surface area contributed by atoms with Gasteiger partial charge in [0, 0.05) is 55.2 Å². The maximum Gasteiger partial charge on any atom is 0.325 e. The topological polar surface area (TPSA) is 741 Å². The summed E-state index contributed by atoms with van der Waals surface area (Å²) in [6.07, 6.45) is -4.45. The summed E-state index contributed by atoms with van der Waals surface area (Å²) in [6, 6.07) is -8.12. The van der Waals surface area contributed by atoms with E-state index in [1.54, 1.807) is 24.3 Å². The van der Waals surface area contributed by atoms with Crippen molar-refractivity contribution in [3.05, 3.63) is 65.9 Å². The molecule has 600 valence electrons. The number of aliphatic hydroxyl groups is 17. The number of H-pyrrole nitrogens is 1. The molecule has 110 heavy (non-hydrogen) atoms. The van der Waals surface area contributed by atoms with Gasteiger partial charge in [0.25, 0.3) is 0 Å². The summed E-state index contributed by atoms with van der Waals surface area (Å²) in [5, 5.41) is 239. The number of amides is 2. The molecule has 0 radical (unpaired) electrons. The molecule has 0 aliphatic carbocycles. The number of carbonyl (C=O) groups is 4. The molecule has 0 spiro atoms. The number of aromatic amines is 1. The van der Waals surface area contributed by atoms with Crippen molar-refractivity contribution < 1.29 is 121 Å². The highest BCUT2D eigenvalue weighted by molar-refractivity contribution is 7.80. The van der Waals surface area contributed by atoms with Gasteiger partial charge in [-0.15, -0.1) is 0 Å². The van der Waals surface area contributed by atoms with Crippen molar-refractivity contribution in [1.82, 2.24) is 14.8 Å². The number of phenols is 1. The number of aliphatic carboxylic acids is 2. The Bertz CT molecular complexity index is 4140. The number of aromatic nitrogens is 1. The van der Waals surface area contributed by atoms with E-state index in [1.807, 2.05) is 0 Å². The lowest BCUT2D eigenvalue weighted by molar-refractivity contribution is -0.137. The normalized spacial score (nSPS) is 19.6. The average molecular weight is 1570 g/mol. The predicted octanol–water partition coefficient (Wildman–Crippen LogP) is 2.81. The van der Waals surface area contributed by atoms with Crippen LogP contribution in [0.1, 0.15) is 82.8 Å². The molecule has 44 heteroatoms. The number of fused-ring (bicyclic) bond motifs is 1. The Morgan fingerprint density at radius 3 is 1.61 bits per heavy atom.